The summed E-state index contributed by atoms with van der Waals surface area (Å²) in [5.74, 6) is -0.0282. The number of halogens is 1. The molecule has 1 heterocycles. The molecule has 1 aromatic rings. The van der Waals surface area contributed by atoms with Crippen LogP contribution in [0.1, 0.15) is 37.7 Å². The average molecular weight is 457 g/mol. The summed E-state index contributed by atoms with van der Waals surface area (Å²) < 4.78 is 29.1. The fraction of sp³-hybridized carbons (Fsp3) is 0.667. The fourth-order valence-corrected chi connectivity index (χ4v) is 5.89. The Bertz CT molecular complexity index is 789. The van der Waals surface area contributed by atoms with E-state index in [4.69, 9.17) is 11.6 Å². The van der Waals surface area contributed by atoms with Crippen LogP contribution in [-0.4, -0.2) is 80.2 Å². The molecule has 1 N–H and O–H groups in total. The lowest BCUT2D eigenvalue weighted by molar-refractivity contribution is -0.122. The molecule has 1 amide bonds. The van der Waals surface area contributed by atoms with Gasteiger partial charge in [-0.2, -0.15) is 17.0 Å². The first kappa shape index (κ1) is 23.5. The van der Waals surface area contributed by atoms with Gasteiger partial charge in [0.2, 0.25) is 5.91 Å². The second kappa shape index (κ2) is 10.9. The molecule has 0 unspecified atom stereocenters. The third-order valence-electron chi connectivity index (χ3n) is 6.13. The highest BCUT2D eigenvalue weighted by atomic mass is 35.5. The van der Waals surface area contributed by atoms with Crippen molar-refractivity contribution in [1.29, 1.82) is 0 Å². The van der Waals surface area contributed by atoms with Crippen LogP contribution in [0.4, 0.5) is 0 Å². The van der Waals surface area contributed by atoms with Crippen molar-refractivity contribution in [3.05, 3.63) is 34.9 Å². The van der Waals surface area contributed by atoms with E-state index in [1.54, 1.807) is 15.7 Å². The van der Waals surface area contributed by atoms with Gasteiger partial charge in [-0.1, -0.05) is 43.0 Å². The molecule has 0 radical (unpaired) electrons. The molecular formula is C21H33ClN4O3S. The Morgan fingerprint density at radius 1 is 1.10 bits per heavy atom. The summed E-state index contributed by atoms with van der Waals surface area (Å²) in [6.45, 7) is 2.87. The van der Waals surface area contributed by atoms with Crippen molar-refractivity contribution in [1.82, 2.24) is 18.8 Å². The molecule has 1 aromatic carbocycles. The summed E-state index contributed by atoms with van der Waals surface area (Å²) in [5, 5.41) is 3.64. The first-order valence-electron chi connectivity index (χ1n) is 10.8. The van der Waals surface area contributed by atoms with E-state index in [-0.39, 0.29) is 11.9 Å². The van der Waals surface area contributed by atoms with E-state index in [1.807, 2.05) is 29.2 Å². The maximum absolute atomic E-state index is 13.0. The number of rotatable bonds is 8. The lowest BCUT2D eigenvalue weighted by atomic mass is 9.96. The zero-order valence-corrected chi connectivity index (χ0v) is 19.3. The molecule has 1 aliphatic heterocycles. The van der Waals surface area contributed by atoms with Crippen molar-refractivity contribution in [3.8, 4) is 0 Å². The zero-order valence-electron chi connectivity index (χ0n) is 17.7. The van der Waals surface area contributed by atoms with Crippen molar-refractivity contribution in [3.63, 3.8) is 0 Å². The molecule has 0 bridgehead atoms. The van der Waals surface area contributed by atoms with Gasteiger partial charge in [0.1, 0.15) is 0 Å². The van der Waals surface area contributed by atoms with Gasteiger partial charge < -0.3 is 5.32 Å². The number of nitrogens with zero attached hydrogens (tertiary/aromatic N) is 3. The Kier molecular flexibility index (Phi) is 8.53. The molecule has 0 atom stereocenters. The van der Waals surface area contributed by atoms with Crippen LogP contribution in [0.3, 0.4) is 0 Å². The van der Waals surface area contributed by atoms with Crippen molar-refractivity contribution >= 4 is 27.7 Å². The van der Waals surface area contributed by atoms with E-state index < -0.39 is 10.2 Å². The van der Waals surface area contributed by atoms with E-state index >= 15 is 0 Å². The molecule has 0 spiro atoms. The van der Waals surface area contributed by atoms with Crippen LogP contribution in [0.2, 0.25) is 5.02 Å². The second-order valence-corrected chi connectivity index (χ2v) is 10.6. The normalized spacial score (nSPS) is 19.8. The Morgan fingerprint density at radius 2 is 1.73 bits per heavy atom. The highest BCUT2D eigenvalue weighted by Crippen LogP contribution is 2.25. The number of hydrogen-bond acceptors (Lipinski definition) is 4. The van der Waals surface area contributed by atoms with Crippen molar-refractivity contribution < 1.29 is 13.2 Å². The lowest BCUT2D eigenvalue weighted by Crippen LogP contribution is -2.55. The van der Waals surface area contributed by atoms with Crippen molar-refractivity contribution in [2.75, 3.05) is 46.3 Å². The maximum atomic E-state index is 13.0. The molecule has 2 fully saturated rings. The molecule has 1 saturated heterocycles. The van der Waals surface area contributed by atoms with Crippen LogP contribution in [-0.2, 0) is 21.4 Å². The van der Waals surface area contributed by atoms with Gasteiger partial charge in [-0.25, -0.2) is 0 Å². The Hall–Kier alpha value is -1.19. The number of carbonyl (C=O) groups is 1. The molecular weight excluding hydrogens is 424 g/mol. The summed E-state index contributed by atoms with van der Waals surface area (Å²) in [7, 11) is -1.72. The summed E-state index contributed by atoms with van der Waals surface area (Å²) in [5.41, 5.74) is 1.13. The molecule has 168 valence electrons. The number of benzene rings is 1. The molecule has 30 heavy (non-hydrogen) atoms. The van der Waals surface area contributed by atoms with Crippen LogP contribution in [0.25, 0.3) is 0 Å². The van der Waals surface area contributed by atoms with Crippen molar-refractivity contribution in [2.24, 2.45) is 0 Å². The van der Waals surface area contributed by atoms with Crippen LogP contribution in [0.5, 0.6) is 0 Å². The van der Waals surface area contributed by atoms with E-state index in [0.29, 0.717) is 44.3 Å². The standard InChI is InChI=1S/C21H33ClN4O3S/c1-24(20-5-3-2-4-6-20)30(28,29)26-15-13-25(14-16-26)17-21(27)23-12-11-18-7-9-19(22)10-8-18/h7-10,20H,2-6,11-17H2,1H3,(H,23,27). The summed E-state index contributed by atoms with van der Waals surface area (Å²) in [4.78, 5) is 14.3. The topological polar surface area (TPSA) is 73.0 Å². The highest BCUT2D eigenvalue weighted by Gasteiger charge is 2.34. The van der Waals surface area contributed by atoms with Gasteiger partial charge in [-0.15, -0.1) is 0 Å². The summed E-state index contributed by atoms with van der Waals surface area (Å²) in [6, 6.07) is 7.72. The number of carbonyl (C=O) groups excluding carboxylic acids is 1. The van der Waals surface area contributed by atoms with Gasteiger partial charge in [0.15, 0.2) is 0 Å². The first-order valence-corrected chi connectivity index (χ1v) is 12.6. The number of nitrogens with one attached hydrogen (secondary N) is 1. The minimum Gasteiger partial charge on any atom is -0.355 e. The van der Waals surface area contributed by atoms with Gasteiger partial charge in [0.05, 0.1) is 6.54 Å². The fourth-order valence-electron chi connectivity index (χ4n) is 4.19. The van der Waals surface area contributed by atoms with E-state index in [0.717, 1.165) is 37.7 Å². The number of piperazine rings is 1. The molecule has 9 heteroatoms. The minimum absolute atomic E-state index is 0.0282. The largest absolute Gasteiger partial charge is 0.355 e. The molecule has 1 saturated carbocycles. The molecule has 0 aromatic heterocycles. The summed E-state index contributed by atoms with van der Waals surface area (Å²) in [6.07, 6.45) is 6.06. The third-order valence-corrected chi connectivity index (χ3v) is 8.42. The van der Waals surface area contributed by atoms with Gasteiger partial charge in [-0.3, -0.25) is 9.69 Å². The monoisotopic (exact) mass is 456 g/mol. The lowest BCUT2D eigenvalue weighted by Gasteiger charge is -2.38. The smallest absolute Gasteiger partial charge is 0.282 e. The molecule has 1 aliphatic carbocycles. The highest BCUT2D eigenvalue weighted by molar-refractivity contribution is 7.86. The summed E-state index contributed by atoms with van der Waals surface area (Å²) >= 11 is 5.88. The zero-order chi connectivity index (χ0) is 21.6. The Labute approximate surface area is 185 Å². The van der Waals surface area contributed by atoms with Crippen molar-refractivity contribution in [2.45, 2.75) is 44.6 Å². The quantitative estimate of drug-likeness (QED) is 0.650. The number of amides is 1. The first-order chi connectivity index (χ1) is 14.4. The predicted molar refractivity (Wildman–Crippen MR) is 120 cm³/mol. The third kappa shape index (κ3) is 6.40. The van der Waals surface area contributed by atoms with Gasteiger partial charge >= 0.3 is 0 Å². The molecule has 7 nitrogen and oxygen atoms in total. The van der Waals surface area contributed by atoms with E-state index in [9.17, 15) is 13.2 Å². The predicted octanol–water partition coefficient (Wildman–Crippen LogP) is 2.13. The van der Waals surface area contributed by atoms with Crippen LogP contribution in [0, 0.1) is 0 Å². The number of hydrogen-bond donors (Lipinski definition) is 1. The SMILES string of the molecule is CN(C1CCCCC1)S(=O)(=O)N1CCN(CC(=O)NCCc2ccc(Cl)cc2)CC1. The Balaban J connectivity index is 1.39. The van der Waals surface area contributed by atoms with Crippen LogP contribution < -0.4 is 5.32 Å². The van der Waals surface area contributed by atoms with Crippen LogP contribution >= 0.6 is 11.6 Å². The van der Waals surface area contributed by atoms with Crippen LogP contribution in [0.15, 0.2) is 24.3 Å². The molecule has 2 aliphatic rings. The van der Waals surface area contributed by atoms with Gasteiger partial charge in [0.25, 0.3) is 10.2 Å². The average Bonchev–Trinajstić information content (AvgIpc) is 2.75. The van der Waals surface area contributed by atoms with E-state index in [2.05, 4.69) is 5.32 Å². The Morgan fingerprint density at radius 3 is 2.37 bits per heavy atom. The van der Waals surface area contributed by atoms with E-state index in [1.165, 1.54) is 6.42 Å². The minimum atomic E-state index is -3.43. The van der Waals surface area contributed by atoms with Gasteiger partial charge in [0, 0.05) is 50.8 Å². The van der Waals surface area contributed by atoms with Gasteiger partial charge in [-0.05, 0) is 37.0 Å². The maximum Gasteiger partial charge on any atom is 0.282 e. The second-order valence-electron chi connectivity index (χ2n) is 8.22. The molecule has 3 rings (SSSR count).